The summed E-state index contributed by atoms with van der Waals surface area (Å²) in [4.78, 5) is 0. The molecule has 0 saturated heterocycles. The van der Waals surface area contributed by atoms with Crippen LogP contribution >= 0.6 is 9.47 Å². The molecule has 0 aromatic carbocycles. The molecule has 0 fully saturated rings. The van der Waals surface area contributed by atoms with Crippen LogP contribution in [-0.4, -0.2) is 12.8 Å². The van der Waals surface area contributed by atoms with E-state index in [1.165, 1.54) is 9.47 Å². The van der Waals surface area contributed by atoms with Crippen molar-refractivity contribution in [2.75, 3.05) is 6.61 Å². The van der Waals surface area contributed by atoms with Gasteiger partial charge >= 0.3 is 6.18 Å². The molecular weight excluding hydrogens is 128 g/mol. The van der Waals surface area contributed by atoms with Crippen LogP contribution in [0.2, 0.25) is 0 Å². The molecule has 0 aromatic heterocycles. The zero-order valence-electron chi connectivity index (χ0n) is 3.33. The van der Waals surface area contributed by atoms with Crippen LogP contribution in [0.3, 0.4) is 0 Å². The lowest BCUT2D eigenvalue weighted by Crippen LogP contribution is -2.13. The van der Waals surface area contributed by atoms with Crippen LogP contribution in [0.5, 0.6) is 0 Å². The molecular formula is C2H4F3OP. The Balaban J connectivity index is 3.15. The summed E-state index contributed by atoms with van der Waals surface area (Å²) in [5.41, 5.74) is 0. The molecule has 0 aliphatic heterocycles. The highest BCUT2D eigenvalue weighted by Crippen LogP contribution is 2.15. The molecule has 5 heteroatoms. The van der Waals surface area contributed by atoms with Gasteiger partial charge in [0.1, 0.15) is 6.61 Å². The quantitative estimate of drug-likeness (QED) is 0.489. The third kappa shape index (κ3) is 6.18. The zero-order chi connectivity index (χ0) is 5.91. The molecule has 0 aliphatic rings. The van der Waals surface area contributed by atoms with E-state index in [1.54, 1.807) is 0 Å². The Labute approximate surface area is 41.1 Å². The maximum Gasteiger partial charge on any atom is 0.412 e. The SMILES string of the molecule is FC(F)(F)COP. The monoisotopic (exact) mass is 132 g/mol. The van der Waals surface area contributed by atoms with Gasteiger partial charge in [0, 0.05) is 9.47 Å². The van der Waals surface area contributed by atoms with Crippen molar-refractivity contribution in [2.24, 2.45) is 0 Å². The second kappa shape index (κ2) is 2.48. The Bertz CT molecular complexity index is 51.4. The van der Waals surface area contributed by atoms with Crippen LogP contribution in [0.1, 0.15) is 0 Å². The average molecular weight is 132 g/mol. The molecule has 0 spiro atoms. The van der Waals surface area contributed by atoms with Gasteiger partial charge in [-0.3, -0.25) is 0 Å². The summed E-state index contributed by atoms with van der Waals surface area (Å²) in [6.45, 7) is -1.20. The van der Waals surface area contributed by atoms with Gasteiger partial charge in [-0.2, -0.15) is 13.2 Å². The lowest BCUT2D eigenvalue weighted by molar-refractivity contribution is -0.150. The second-order valence-electron chi connectivity index (χ2n) is 0.926. The minimum absolute atomic E-state index is 1.20. The van der Waals surface area contributed by atoms with Gasteiger partial charge < -0.3 is 4.52 Å². The average Bonchev–Trinajstić information content (AvgIpc) is 1.30. The normalized spacial score (nSPS) is 12.0. The molecule has 1 unspecified atom stereocenters. The summed E-state index contributed by atoms with van der Waals surface area (Å²) in [7, 11) is 1.52. The third-order valence-electron chi connectivity index (χ3n) is 0.247. The van der Waals surface area contributed by atoms with Crippen molar-refractivity contribution in [2.45, 2.75) is 6.18 Å². The second-order valence-corrected chi connectivity index (χ2v) is 1.26. The molecule has 0 aliphatic carbocycles. The first kappa shape index (κ1) is 7.18. The third-order valence-corrected chi connectivity index (χ3v) is 0.414. The van der Waals surface area contributed by atoms with Gasteiger partial charge in [0.15, 0.2) is 0 Å². The Kier molecular flexibility index (Phi) is 2.54. The molecule has 0 saturated carbocycles. The van der Waals surface area contributed by atoms with Gasteiger partial charge in [-0.25, -0.2) is 0 Å². The summed E-state index contributed by atoms with van der Waals surface area (Å²) in [5, 5.41) is 0. The van der Waals surface area contributed by atoms with Crippen LogP contribution in [0.15, 0.2) is 0 Å². The van der Waals surface area contributed by atoms with Gasteiger partial charge in [-0.1, -0.05) is 0 Å². The number of rotatable bonds is 1. The molecule has 0 rings (SSSR count). The molecule has 1 nitrogen and oxygen atoms in total. The maximum absolute atomic E-state index is 10.9. The fourth-order valence-electron chi connectivity index (χ4n) is 0.0945. The molecule has 0 aromatic rings. The standard InChI is InChI=1S/C2H4F3OP/c3-2(4,5)1-6-7/h1,7H2. The van der Waals surface area contributed by atoms with Crippen molar-refractivity contribution in [1.82, 2.24) is 0 Å². The molecule has 7 heavy (non-hydrogen) atoms. The highest BCUT2D eigenvalue weighted by atomic mass is 31.0. The van der Waals surface area contributed by atoms with E-state index < -0.39 is 12.8 Å². The van der Waals surface area contributed by atoms with Crippen LogP contribution < -0.4 is 0 Å². The minimum atomic E-state index is -4.19. The first-order valence-corrected chi connectivity index (χ1v) is 1.92. The number of alkyl halides is 3. The van der Waals surface area contributed by atoms with Gasteiger partial charge in [0.25, 0.3) is 0 Å². The first-order valence-electron chi connectivity index (χ1n) is 1.44. The predicted molar refractivity (Wildman–Crippen MR) is 21.7 cm³/mol. The predicted octanol–water partition coefficient (Wildman–Crippen LogP) is 1.36. The molecule has 0 radical (unpaired) electrons. The van der Waals surface area contributed by atoms with Crippen LogP contribution in [-0.2, 0) is 4.52 Å². The van der Waals surface area contributed by atoms with Gasteiger partial charge in [0.05, 0.1) is 0 Å². The van der Waals surface area contributed by atoms with Crippen LogP contribution in [0, 0.1) is 0 Å². The molecule has 0 amide bonds. The number of hydrogen-bond donors (Lipinski definition) is 0. The van der Waals surface area contributed by atoms with E-state index in [0.29, 0.717) is 0 Å². The largest absolute Gasteiger partial charge is 0.412 e. The summed E-state index contributed by atoms with van der Waals surface area (Å²) < 4.78 is 36.5. The Morgan fingerprint density at radius 3 is 1.86 bits per heavy atom. The van der Waals surface area contributed by atoms with E-state index >= 15 is 0 Å². The van der Waals surface area contributed by atoms with E-state index in [2.05, 4.69) is 4.52 Å². The van der Waals surface area contributed by atoms with E-state index in [1.807, 2.05) is 0 Å². The Hall–Kier alpha value is 0.180. The Morgan fingerprint density at radius 2 is 1.86 bits per heavy atom. The highest BCUT2D eigenvalue weighted by molar-refractivity contribution is 7.09. The Morgan fingerprint density at radius 1 is 1.43 bits per heavy atom. The highest BCUT2D eigenvalue weighted by Gasteiger charge is 2.26. The summed E-state index contributed by atoms with van der Waals surface area (Å²) in [6.07, 6.45) is -4.19. The molecule has 1 atom stereocenters. The van der Waals surface area contributed by atoms with Crippen molar-refractivity contribution >= 4 is 9.47 Å². The van der Waals surface area contributed by atoms with Gasteiger partial charge in [-0.05, 0) is 0 Å². The van der Waals surface area contributed by atoms with Crippen molar-refractivity contribution in [3.8, 4) is 0 Å². The number of hydrogen-bond acceptors (Lipinski definition) is 1. The summed E-state index contributed by atoms with van der Waals surface area (Å²) >= 11 is 0. The first-order chi connectivity index (χ1) is 3.06. The number of halogens is 3. The summed E-state index contributed by atoms with van der Waals surface area (Å²) in [5.74, 6) is 0. The molecule has 0 bridgehead atoms. The maximum atomic E-state index is 10.9. The fourth-order valence-corrected chi connectivity index (χ4v) is 0.283. The zero-order valence-corrected chi connectivity index (χ0v) is 4.48. The molecule has 0 heterocycles. The van der Waals surface area contributed by atoms with Crippen molar-refractivity contribution < 1.29 is 17.7 Å². The lowest BCUT2D eigenvalue weighted by Gasteiger charge is -2.00. The smallest absolute Gasteiger partial charge is 0.356 e. The fraction of sp³-hybridized carbons (Fsp3) is 1.00. The van der Waals surface area contributed by atoms with E-state index in [-0.39, 0.29) is 0 Å². The molecule has 0 N–H and O–H groups in total. The van der Waals surface area contributed by atoms with E-state index in [9.17, 15) is 13.2 Å². The molecule has 44 valence electrons. The van der Waals surface area contributed by atoms with Gasteiger partial charge in [-0.15, -0.1) is 0 Å². The van der Waals surface area contributed by atoms with E-state index in [4.69, 9.17) is 0 Å². The van der Waals surface area contributed by atoms with Crippen LogP contribution in [0.4, 0.5) is 13.2 Å². The van der Waals surface area contributed by atoms with Gasteiger partial charge in [0.2, 0.25) is 0 Å². The topological polar surface area (TPSA) is 9.23 Å². The van der Waals surface area contributed by atoms with Crippen molar-refractivity contribution in [3.63, 3.8) is 0 Å². The summed E-state index contributed by atoms with van der Waals surface area (Å²) in [6, 6.07) is 0. The van der Waals surface area contributed by atoms with Crippen LogP contribution in [0.25, 0.3) is 0 Å². The van der Waals surface area contributed by atoms with Crippen molar-refractivity contribution in [3.05, 3.63) is 0 Å². The van der Waals surface area contributed by atoms with Crippen molar-refractivity contribution in [1.29, 1.82) is 0 Å². The minimum Gasteiger partial charge on any atom is -0.356 e. The lowest BCUT2D eigenvalue weighted by atomic mass is 10.7. The van der Waals surface area contributed by atoms with E-state index in [0.717, 1.165) is 0 Å².